The molecule has 2 atom stereocenters. The van der Waals surface area contributed by atoms with Crippen molar-refractivity contribution >= 4 is 11.9 Å². The summed E-state index contributed by atoms with van der Waals surface area (Å²) in [6.45, 7) is 4.86. The van der Waals surface area contributed by atoms with Crippen LogP contribution in [0.5, 0.6) is 0 Å². The number of nitrogens with one attached hydrogen (secondary N) is 1. The van der Waals surface area contributed by atoms with Crippen molar-refractivity contribution in [3.05, 3.63) is 77.0 Å². The van der Waals surface area contributed by atoms with Gasteiger partial charge in [0.1, 0.15) is 0 Å². The number of alkyl halides is 6. The summed E-state index contributed by atoms with van der Waals surface area (Å²) in [6.07, 6.45) is -8.61. The highest BCUT2D eigenvalue weighted by atomic mass is 19.4. The first-order valence-electron chi connectivity index (χ1n) is 12.2. The summed E-state index contributed by atoms with van der Waals surface area (Å²) in [6, 6.07) is 10.5. The number of anilines is 1. The molecule has 1 amide bonds. The van der Waals surface area contributed by atoms with E-state index in [4.69, 9.17) is 0 Å². The summed E-state index contributed by atoms with van der Waals surface area (Å²) in [4.78, 5) is 25.6. The molecule has 39 heavy (non-hydrogen) atoms. The van der Waals surface area contributed by atoms with Crippen LogP contribution in [-0.2, 0) is 18.9 Å². The lowest BCUT2D eigenvalue weighted by Crippen LogP contribution is -2.54. The molecular weight excluding hydrogens is 524 g/mol. The molecule has 2 heterocycles. The van der Waals surface area contributed by atoms with Crippen molar-refractivity contribution in [3.8, 4) is 11.3 Å². The number of aromatic nitrogens is 2. The Kier molecular flexibility index (Phi) is 7.87. The molecule has 2 aromatic carbocycles. The minimum atomic E-state index is -4.98. The zero-order chi connectivity index (χ0) is 28.5. The van der Waals surface area contributed by atoms with Crippen molar-refractivity contribution in [3.63, 3.8) is 0 Å². The van der Waals surface area contributed by atoms with E-state index in [0.29, 0.717) is 42.4 Å². The smallest absolute Gasteiger partial charge is 0.338 e. The molecule has 1 aliphatic rings. The average molecular weight is 552 g/mol. The summed E-state index contributed by atoms with van der Waals surface area (Å²) < 4.78 is 79.8. The molecule has 0 spiro atoms. The second kappa shape index (κ2) is 10.8. The fourth-order valence-electron chi connectivity index (χ4n) is 4.65. The van der Waals surface area contributed by atoms with E-state index in [2.05, 4.69) is 15.3 Å². The molecule has 1 fully saturated rings. The van der Waals surface area contributed by atoms with Gasteiger partial charge >= 0.3 is 12.4 Å². The molecule has 1 aromatic heterocycles. The summed E-state index contributed by atoms with van der Waals surface area (Å²) >= 11 is 0. The van der Waals surface area contributed by atoms with Crippen molar-refractivity contribution in [1.82, 2.24) is 20.2 Å². The van der Waals surface area contributed by atoms with Crippen LogP contribution in [0.1, 0.15) is 40.9 Å². The maximum Gasteiger partial charge on any atom is 0.416 e. The van der Waals surface area contributed by atoms with Crippen LogP contribution in [0.4, 0.5) is 32.3 Å². The second-order valence-corrected chi connectivity index (χ2v) is 9.75. The molecule has 6 nitrogen and oxygen atoms in total. The molecule has 0 unspecified atom stereocenters. The van der Waals surface area contributed by atoms with E-state index in [0.717, 1.165) is 4.90 Å². The number of nitrogens with zero attached hydrogens (tertiary/aromatic N) is 4. The Bertz CT molecular complexity index is 1290. The van der Waals surface area contributed by atoms with E-state index < -0.39 is 35.9 Å². The molecule has 3 aromatic rings. The summed E-state index contributed by atoms with van der Waals surface area (Å²) in [5.74, 6) is -0.227. The predicted octanol–water partition coefficient (Wildman–Crippen LogP) is 5.64. The Hall–Kier alpha value is -3.67. The first-order chi connectivity index (χ1) is 18.2. The first-order valence-corrected chi connectivity index (χ1v) is 12.2. The van der Waals surface area contributed by atoms with Crippen LogP contribution in [0.2, 0.25) is 0 Å². The van der Waals surface area contributed by atoms with Crippen LogP contribution in [-0.4, -0.2) is 53.0 Å². The molecular formula is C27H27F6N5O. The van der Waals surface area contributed by atoms with Crippen LogP contribution >= 0.6 is 0 Å². The lowest BCUT2D eigenvalue weighted by molar-refractivity contribution is -0.143. The molecule has 0 saturated carbocycles. The van der Waals surface area contributed by atoms with Gasteiger partial charge in [0.05, 0.1) is 22.4 Å². The molecule has 0 aliphatic carbocycles. The minimum absolute atomic E-state index is 0.0588. The molecule has 1 aliphatic heterocycles. The third-order valence-corrected chi connectivity index (χ3v) is 6.31. The SMILES string of the molecule is C[C@@H]1CN(c2ncc(C(=O)N(C)Cc3cc(C(F)(F)F)cc(C(F)(F)F)c3)c(-c3ccccc3)n2)C[C@H](C)N1. The van der Waals surface area contributed by atoms with Crippen LogP contribution in [0.15, 0.2) is 54.7 Å². The molecule has 0 bridgehead atoms. The van der Waals surface area contributed by atoms with Gasteiger partial charge in [-0.2, -0.15) is 26.3 Å². The zero-order valence-electron chi connectivity index (χ0n) is 21.4. The van der Waals surface area contributed by atoms with Crippen LogP contribution in [0.25, 0.3) is 11.3 Å². The van der Waals surface area contributed by atoms with Crippen molar-refractivity contribution in [1.29, 1.82) is 0 Å². The quantitative estimate of drug-likeness (QED) is 0.416. The van der Waals surface area contributed by atoms with Gasteiger partial charge in [-0.15, -0.1) is 0 Å². The van der Waals surface area contributed by atoms with Gasteiger partial charge < -0.3 is 15.1 Å². The number of hydrogen-bond acceptors (Lipinski definition) is 5. The Morgan fingerprint density at radius 3 is 2.08 bits per heavy atom. The monoisotopic (exact) mass is 551 g/mol. The van der Waals surface area contributed by atoms with E-state index in [1.807, 2.05) is 18.7 Å². The molecule has 0 radical (unpaired) electrons. The normalized spacial score (nSPS) is 18.2. The fourth-order valence-corrected chi connectivity index (χ4v) is 4.65. The number of carbonyl (C=O) groups is 1. The highest BCUT2D eigenvalue weighted by molar-refractivity contribution is 5.99. The zero-order valence-corrected chi connectivity index (χ0v) is 21.4. The number of piperazine rings is 1. The molecule has 208 valence electrons. The van der Waals surface area contributed by atoms with E-state index in [1.165, 1.54) is 13.2 Å². The van der Waals surface area contributed by atoms with Gasteiger partial charge in [0, 0.05) is 50.5 Å². The number of hydrogen-bond donors (Lipinski definition) is 1. The van der Waals surface area contributed by atoms with Gasteiger partial charge in [0.15, 0.2) is 0 Å². The third-order valence-electron chi connectivity index (χ3n) is 6.31. The van der Waals surface area contributed by atoms with Crippen LogP contribution in [0.3, 0.4) is 0 Å². The van der Waals surface area contributed by atoms with Crippen LogP contribution in [0, 0.1) is 0 Å². The molecule has 4 rings (SSSR count). The molecule has 12 heteroatoms. The third kappa shape index (κ3) is 6.67. The summed E-state index contributed by atoms with van der Waals surface area (Å²) in [7, 11) is 1.30. The van der Waals surface area contributed by atoms with Crippen LogP contribution < -0.4 is 10.2 Å². The topological polar surface area (TPSA) is 61.4 Å². The number of carbonyl (C=O) groups excluding carboxylic acids is 1. The van der Waals surface area contributed by atoms with Gasteiger partial charge in [-0.05, 0) is 37.6 Å². The first kappa shape index (κ1) is 28.3. The van der Waals surface area contributed by atoms with E-state index in [-0.39, 0.29) is 29.3 Å². The standard InChI is InChI=1S/C27H27F6N5O/c1-16-13-38(14-17(2)35-16)25-34-12-22(23(36-25)19-7-5-4-6-8-19)24(39)37(3)15-18-9-20(26(28,29)30)11-21(10-18)27(31,32)33/h4-12,16-17,35H,13-15H2,1-3H3/t16-,17+. The number of amides is 1. The molecule has 1 N–H and O–H groups in total. The Labute approximate surface area is 221 Å². The minimum Gasteiger partial charge on any atom is -0.338 e. The highest BCUT2D eigenvalue weighted by Gasteiger charge is 2.37. The van der Waals surface area contributed by atoms with Crippen molar-refractivity contribution in [2.24, 2.45) is 0 Å². The van der Waals surface area contributed by atoms with Gasteiger partial charge in [-0.25, -0.2) is 9.97 Å². The number of halogens is 6. The highest BCUT2D eigenvalue weighted by Crippen LogP contribution is 2.36. The Morgan fingerprint density at radius 2 is 1.54 bits per heavy atom. The predicted molar refractivity (Wildman–Crippen MR) is 134 cm³/mol. The van der Waals surface area contributed by atoms with Crippen molar-refractivity contribution < 1.29 is 31.1 Å². The maximum atomic E-state index is 13.5. The Balaban J connectivity index is 1.69. The van der Waals surface area contributed by atoms with Gasteiger partial charge in [0.2, 0.25) is 5.95 Å². The van der Waals surface area contributed by atoms with Gasteiger partial charge in [-0.3, -0.25) is 4.79 Å². The lowest BCUT2D eigenvalue weighted by atomic mass is 10.0. The summed E-state index contributed by atoms with van der Waals surface area (Å²) in [5.41, 5.74) is -2.18. The Morgan fingerprint density at radius 1 is 0.974 bits per heavy atom. The second-order valence-electron chi connectivity index (χ2n) is 9.75. The van der Waals surface area contributed by atoms with Crippen molar-refractivity contribution in [2.75, 3.05) is 25.0 Å². The summed E-state index contributed by atoms with van der Waals surface area (Å²) in [5, 5.41) is 3.42. The molecule has 1 saturated heterocycles. The largest absolute Gasteiger partial charge is 0.416 e. The fraction of sp³-hybridized carbons (Fsp3) is 0.370. The maximum absolute atomic E-state index is 13.5. The van der Waals surface area contributed by atoms with E-state index in [9.17, 15) is 31.1 Å². The average Bonchev–Trinajstić information content (AvgIpc) is 2.86. The van der Waals surface area contributed by atoms with E-state index >= 15 is 0 Å². The van der Waals surface area contributed by atoms with E-state index in [1.54, 1.807) is 30.3 Å². The van der Waals surface area contributed by atoms with Gasteiger partial charge in [-0.1, -0.05) is 30.3 Å². The number of rotatable bonds is 5. The lowest BCUT2D eigenvalue weighted by Gasteiger charge is -2.36. The number of benzene rings is 2. The van der Waals surface area contributed by atoms with Crippen molar-refractivity contribution in [2.45, 2.75) is 44.8 Å². The van der Waals surface area contributed by atoms with Gasteiger partial charge in [0.25, 0.3) is 5.91 Å².